The first-order valence-electron chi connectivity index (χ1n) is 15.9. The fourth-order valence-corrected chi connectivity index (χ4v) is 7.22. The van der Waals surface area contributed by atoms with Gasteiger partial charge in [0, 0.05) is 54.4 Å². The first-order chi connectivity index (χ1) is 22.8. The molecule has 3 aromatic rings. The Hall–Kier alpha value is -3.51. The SMILES string of the molecule is CSCCC(NC(=O)c1ccc(/C=C/C2CC(SC(=O)c3cccnc3)CN2)cc1-c1ccc(F)cc1)C(=O)OC1CCN(C)CC1. The largest absolute Gasteiger partial charge is 0.461 e. The Morgan fingerprint density at radius 1 is 1.15 bits per heavy atom. The van der Waals surface area contributed by atoms with E-state index in [1.54, 1.807) is 54.5 Å². The van der Waals surface area contributed by atoms with Gasteiger partial charge in [0.2, 0.25) is 5.12 Å². The Bertz CT molecular complexity index is 1550. The summed E-state index contributed by atoms with van der Waals surface area (Å²) >= 11 is 2.93. The molecule has 0 saturated carbocycles. The minimum Gasteiger partial charge on any atom is -0.461 e. The van der Waals surface area contributed by atoms with Crippen molar-refractivity contribution in [3.8, 4) is 11.1 Å². The van der Waals surface area contributed by atoms with Crippen LogP contribution in [0.3, 0.4) is 0 Å². The Labute approximate surface area is 284 Å². The van der Waals surface area contributed by atoms with E-state index in [-0.39, 0.29) is 34.2 Å². The monoisotopic (exact) mass is 676 g/mol. The number of carbonyl (C=O) groups excluding carboxylic acids is 3. The number of hydrogen-bond acceptors (Lipinski definition) is 9. The van der Waals surface area contributed by atoms with Crippen LogP contribution in [0.1, 0.15) is 52.0 Å². The van der Waals surface area contributed by atoms with Crippen LogP contribution in [-0.4, -0.2) is 89.0 Å². The van der Waals surface area contributed by atoms with Gasteiger partial charge in [0.1, 0.15) is 18.0 Å². The number of amides is 1. The quantitative estimate of drug-likeness (QED) is 0.234. The van der Waals surface area contributed by atoms with Gasteiger partial charge in [-0.3, -0.25) is 14.6 Å². The Kier molecular flexibility index (Phi) is 12.6. The van der Waals surface area contributed by atoms with Crippen molar-refractivity contribution in [1.29, 1.82) is 0 Å². The van der Waals surface area contributed by atoms with Gasteiger partial charge in [0.05, 0.1) is 0 Å². The number of nitrogens with one attached hydrogen (secondary N) is 2. The van der Waals surface area contributed by atoms with E-state index in [9.17, 15) is 18.8 Å². The summed E-state index contributed by atoms with van der Waals surface area (Å²) in [6.07, 6.45) is 11.9. The maximum Gasteiger partial charge on any atom is 0.328 e. The summed E-state index contributed by atoms with van der Waals surface area (Å²) in [5.74, 6) is -0.477. The molecule has 47 heavy (non-hydrogen) atoms. The van der Waals surface area contributed by atoms with Crippen LogP contribution in [0, 0.1) is 5.82 Å². The number of rotatable bonds is 12. The predicted molar refractivity (Wildman–Crippen MR) is 188 cm³/mol. The number of esters is 1. The van der Waals surface area contributed by atoms with Gasteiger partial charge in [-0.05, 0) is 97.8 Å². The molecule has 0 bridgehead atoms. The van der Waals surface area contributed by atoms with Crippen molar-refractivity contribution in [3.05, 3.63) is 95.6 Å². The molecular formula is C36H41FN4O4S2. The molecule has 0 aliphatic carbocycles. The van der Waals surface area contributed by atoms with Crippen molar-refractivity contribution in [2.45, 2.75) is 49.1 Å². The fraction of sp³-hybridized carbons (Fsp3) is 0.389. The Morgan fingerprint density at radius 3 is 2.66 bits per heavy atom. The molecule has 2 aliphatic rings. The molecule has 2 N–H and O–H groups in total. The van der Waals surface area contributed by atoms with Crippen LogP contribution in [0.5, 0.6) is 0 Å². The van der Waals surface area contributed by atoms with Crippen molar-refractivity contribution in [3.63, 3.8) is 0 Å². The number of ether oxygens (including phenoxy) is 1. The van der Waals surface area contributed by atoms with E-state index in [0.717, 1.165) is 37.9 Å². The Morgan fingerprint density at radius 2 is 1.94 bits per heavy atom. The molecule has 3 heterocycles. The first-order valence-corrected chi connectivity index (χ1v) is 18.2. The third kappa shape index (κ3) is 9.99. The number of thioether (sulfide) groups is 2. The topological polar surface area (TPSA) is 101 Å². The summed E-state index contributed by atoms with van der Waals surface area (Å²) in [4.78, 5) is 45.9. The molecule has 11 heteroatoms. The second-order valence-corrected chi connectivity index (χ2v) is 14.2. The number of likely N-dealkylation sites (tertiary alicyclic amines) is 1. The van der Waals surface area contributed by atoms with E-state index in [1.165, 1.54) is 23.9 Å². The summed E-state index contributed by atoms with van der Waals surface area (Å²) in [6.45, 7) is 2.44. The molecule has 5 rings (SSSR count). The van der Waals surface area contributed by atoms with E-state index < -0.39 is 12.0 Å². The lowest BCUT2D eigenvalue weighted by atomic mass is 9.96. The number of piperidine rings is 1. The molecule has 3 atom stereocenters. The van der Waals surface area contributed by atoms with Crippen molar-refractivity contribution in [2.75, 3.05) is 38.7 Å². The number of benzene rings is 2. The minimum absolute atomic E-state index is 0.0121. The van der Waals surface area contributed by atoms with Crippen LogP contribution >= 0.6 is 23.5 Å². The molecule has 8 nitrogen and oxygen atoms in total. The number of nitrogens with zero attached hydrogens (tertiary/aromatic N) is 2. The third-order valence-corrected chi connectivity index (χ3v) is 10.2. The highest BCUT2D eigenvalue weighted by atomic mass is 32.2. The van der Waals surface area contributed by atoms with Crippen molar-refractivity contribution in [2.24, 2.45) is 0 Å². The van der Waals surface area contributed by atoms with E-state index in [0.29, 0.717) is 41.0 Å². The lowest BCUT2D eigenvalue weighted by Gasteiger charge is -2.30. The molecule has 3 unspecified atom stereocenters. The lowest BCUT2D eigenvalue weighted by molar-refractivity contribution is -0.153. The number of carbonyl (C=O) groups is 3. The number of halogens is 1. The molecule has 1 aromatic heterocycles. The van der Waals surface area contributed by atoms with Crippen LogP contribution in [0.15, 0.2) is 73.1 Å². The zero-order valence-corrected chi connectivity index (χ0v) is 28.3. The van der Waals surface area contributed by atoms with E-state index in [4.69, 9.17) is 4.74 Å². The smallest absolute Gasteiger partial charge is 0.328 e. The molecule has 2 aromatic carbocycles. The highest BCUT2D eigenvalue weighted by Crippen LogP contribution is 2.28. The van der Waals surface area contributed by atoms with Crippen LogP contribution in [0.2, 0.25) is 0 Å². The number of pyridine rings is 1. The van der Waals surface area contributed by atoms with Gasteiger partial charge in [-0.1, -0.05) is 42.1 Å². The summed E-state index contributed by atoms with van der Waals surface area (Å²) in [7, 11) is 2.05. The maximum absolute atomic E-state index is 13.9. The first kappa shape index (κ1) is 34.8. The minimum atomic E-state index is -0.778. The van der Waals surface area contributed by atoms with Crippen molar-refractivity contribution in [1.82, 2.24) is 20.5 Å². The van der Waals surface area contributed by atoms with E-state index >= 15 is 0 Å². The lowest BCUT2D eigenvalue weighted by Crippen LogP contribution is -2.45. The summed E-state index contributed by atoms with van der Waals surface area (Å²) in [5, 5.41) is 6.56. The molecule has 0 spiro atoms. The highest BCUT2D eigenvalue weighted by Gasteiger charge is 2.29. The van der Waals surface area contributed by atoms with Crippen LogP contribution in [-0.2, 0) is 9.53 Å². The van der Waals surface area contributed by atoms with Crippen LogP contribution in [0.25, 0.3) is 17.2 Å². The Balaban J connectivity index is 1.29. The standard InChI is InChI=1S/C36H41FN4O4S2/c1-41-17-13-29(14-18-41)45-35(43)33(15-19-46-2)40-34(42)31-12-6-24(20-32(31)25-7-9-27(37)10-8-25)5-11-28-21-30(23-39-28)47-36(44)26-4-3-16-38-22-26/h3-12,16,20,22,28-30,33,39H,13-15,17-19,21,23H2,1-2H3,(H,40,42)/b11-5+. The summed E-state index contributed by atoms with van der Waals surface area (Å²) < 4.78 is 19.7. The van der Waals surface area contributed by atoms with Crippen LogP contribution in [0.4, 0.5) is 4.39 Å². The summed E-state index contributed by atoms with van der Waals surface area (Å²) in [6, 6.07) is 14.4. The predicted octanol–water partition coefficient (Wildman–Crippen LogP) is 5.69. The second-order valence-electron chi connectivity index (χ2n) is 11.9. The zero-order chi connectivity index (χ0) is 33.2. The molecule has 2 saturated heterocycles. The second kappa shape index (κ2) is 17.1. The fourth-order valence-electron chi connectivity index (χ4n) is 5.70. The average Bonchev–Trinajstić information content (AvgIpc) is 3.54. The van der Waals surface area contributed by atoms with Gasteiger partial charge in [-0.2, -0.15) is 11.8 Å². The highest BCUT2D eigenvalue weighted by molar-refractivity contribution is 8.14. The number of aromatic nitrogens is 1. The van der Waals surface area contributed by atoms with E-state index in [1.807, 2.05) is 24.5 Å². The molecule has 2 aliphatic heterocycles. The van der Waals surface area contributed by atoms with Crippen molar-refractivity contribution < 1.29 is 23.5 Å². The third-order valence-electron chi connectivity index (χ3n) is 8.41. The van der Waals surface area contributed by atoms with Crippen LogP contribution < -0.4 is 10.6 Å². The molecule has 2 fully saturated rings. The van der Waals surface area contributed by atoms with Gasteiger partial charge in [0.25, 0.3) is 5.91 Å². The van der Waals surface area contributed by atoms with Gasteiger partial charge in [-0.15, -0.1) is 0 Å². The van der Waals surface area contributed by atoms with Crippen molar-refractivity contribution >= 4 is 46.6 Å². The molecule has 248 valence electrons. The van der Waals surface area contributed by atoms with E-state index in [2.05, 4.69) is 33.6 Å². The molecule has 1 amide bonds. The maximum atomic E-state index is 13.9. The number of hydrogen-bond donors (Lipinski definition) is 2. The van der Waals surface area contributed by atoms with Gasteiger partial charge in [-0.25, -0.2) is 9.18 Å². The van der Waals surface area contributed by atoms with Gasteiger partial charge < -0.3 is 20.3 Å². The molecule has 0 radical (unpaired) electrons. The average molecular weight is 677 g/mol. The molecular weight excluding hydrogens is 636 g/mol. The van der Waals surface area contributed by atoms with Gasteiger partial charge in [0.15, 0.2) is 0 Å². The summed E-state index contributed by atoms with van der Waals surface area (Å²) in [5.41, 5.74) is 3.17. The normalized spacial score (nSPS) is 19.5. The zero-order valence-electron chi connectivity index (χ0n) is 26.7. The van der Waals surface area contributed by atoms with Gasteiger partial charge >= 0.3 is 5.97 Å².